The Labute approximate surface area is 293 Å². The predicted octanol–water partition coefficient (Wildman–Crippen LogP) is 2.93. The molecule has 260 valence electrons. The number of carbonyl (C=O) groups is 5. The van der Waals surface area contributed by atoms with Crippen LogP contribution in [0.5, 0.6) is 0 Å². The molecule has 5 amide bonds. The standard InChI is InChI=1S/C38H38N8O5/c39-33(48)27(14-22-5-6-26-23(13-22)17-45(35(26)50)31-7-8-32(47)43-34(31)49)37-19-38(20-37,21-37)36(51)44-11-9-25(10-12-44)46-18-24(15-41-46)30-16-40-28-3-1-2-4-29(28)42-30/h1-6,13,15-16,18,25,27,31H,7-12,14,17,19-21H2,(H2,39,48)(H,43,47,49). The largest absolute Gasteiger partial charge is 0.369 e. The van der Waals surface area contributed by atoms with E-state index in [1.54, 1.807) is 12.3 Å². The SMILES string of the molecule is NC(=O)C(Cc1ccc2c(c1)CN(C1CCC(=O)NC1=O)C2=O)C12CC(C(=O)N3CCC(n4cc(-c5cnc6ccccc6n5)cn4)CC3)(C1)C2. The Morgan fingerprint density at radius 1 is 0.980 bits per heavy atom. The normalized spacial score (nSPS) is 26.4. The number of carbonyl (C=O) groups excluding carboxylic acids is 5. The Morgan fingerprint density at radius 3 is 2.49 bits per heavy atom. The molecule has 0 spiro atoms. The number of hydrogen-bond donors (Lipinski definition) is 2. The van der Waals surface area contributed by atoms with Crippen molar-refractivity contribution in [1.82, 2.24) is 34.9 Å². The Hall–Kier alpha value is -5.46. The number of piperidine rings is 2. The van der Waals surface area contributed by atoms with Crippen LogP contribution in [0.4, 0.5) is 0 Å². The summed E-state index contributed by atoms with van der Waals surface area (Å²) in [6.45, 7) is 1.59. The number of amides is 5. The fourth-order valence-electron chi connectivity index (χ4n) is 9.51. The first-order valence-corrected chi connectivity index (χ1v) is 17.7. The third kappa shape index (κ3) is 5.11. The smallest absolute Gasteiger partial charge is 0.255 e. The van der Waals surface area contributed by atoms with E-state index in [-0.39, 0.29) is 48.1 Å². The molecule has 2 aromatic carbocycles. The summed E-state index contributed by atoms with van der Waals surface area (Å²) < 4.78 is 1.99. The second-order valence-electron chi connectivity index (χ2n) is 15.2. The Morgan fingerprint density at radius 2 is 1.75 bits per heavy atom. The van der Waals surface area contributed by atoms with Crippen LogP contribution in [0.2, 0.25) is 0 Å². The van der Waals surface area contributed by atoms with Crippen LogP contribution in [0, 0.1) is 16.7 Å². The van der Waals surface area contributed by atoms with E-state index in [1.165, 1.54) is 4.90 Å². The highest BCUT2D eigenvalue weighted by molar-refractivity contribution is 6.05. The predicted molar refractivity (Wildman–Crippen MR) is 183 cm³/mol. The van der Waals surface area contributed by atoms with Crippen LogP contribution < -0.4 is 11.1 Å². The molecule has 3 saturated carbocycles. The topological polar surface area (TPSA) is 173 Å². The van der Waals surface area contributed by atoms with E-state index in [9.17, 15) is 24.0 Å². The van der Waals surface area contributed by atoms with Crippen molar-refractivity contribution in [2.24, 2.45) is 22.5 Å². The van der Waals surface area contributed by atoms with Crippen molar-refractivity contribution >= 4 is 40.6 Å². The van der Waals surface area contributed by atoms with Gasteiger partial charge in [-0.25, -0.2) is 4.98 Å². The molecule has 3 aliphatic heterocycles. The number of nitrogens with two attached hydrogens (primary N) is 1. The summed E-state index contributed by atoms with van der Waals surface area (Å²) in [5.41, 5.74) is 10.9. The number of hydrogen-bond acceptors (Lipinski definition) is 8. The lowest BCUT2D eigenvalue weighted by molar-refractivity contribution is -0.236. The molecule has 51 heavy (non-hydrogen) atoms. The van der Waals surface area contributed by atoms with E-state index in [4.69, 9.17) is 10.7 Å². The van der Waals surface area contributed by atoms with Gasteiger partial charge in [0.25, 0.3) is 5.91 Å². The van der Waals surface area contributed by atoms with Crippen molar-refractivity contribution in [2.75, 3.05) is 13.1 Å². The van der Waals surface area contributed by atoms with E-state index in [0.29, 0.717) is 50.8 Å². The number of para-hydroxylation sites is 2. The summed E-state index contributed by atoms with van der Waals surface area (Å²) in [5, 5.41) is 6.97. The lowest BCUT2D eigenvalue weighted by atomic mass is 9.31. The summed E-state index contributed by atoms with van der Waals surface area (Å²) in [6, 6.07) is 12.8. The van der Waals surface area contributed by atoms with Gasteiger partial charge in [0.15, 0.2) is 0 Å². The highest BCUT2D eigenvalue weighted by atomic mass is 16.2. The second kappa shape index (κ2) is 11.5. The van der Waals surface area contributed by atoms with Crippen LogP contribution in [0.1, 0.15) is 72.5 Å². The number of likely N-dealkylation sites (tertiary alicyclic amines) is 1. The molecule has 13 heteroatoms. The third-order valence-corrected chi connectivity index (χ3v) is 12.1. The Bertz CT molecular complexity index is 2130. The number of imide groups is 1. The van der Waals surface area contributed by atoms with Gasteiger partial charge in [0.2, 0.25) is 23.6 Å². The quantitative estimate of drug-likeness (QED) is 0.266. The summed E-state index contributed by atoms with van der Waals surface area (Å²) in [4.78, 5) is 76.7. The molecule has 2 aromatic heterocycles. The molecule has 10 rings (SSSR count). The third-order valence-electron chi connectivity index (χ3n) is 12.1. The molecule has 2 saturated heterocycles. The Balaban J connectivity index is 0.808. The minimum absolute atomic E-state index is 0.184. The van der Waals surface area contributed by atoms with Crippen molar-refractivity contribution in [1.29, 1.82) is 0 Å². The van der Waals surface area contributed by atoms with E-state index in [2.05, 4.69) is 15.4 Å². The van der Waals surface area contributed by atoms with Gasteiger partial charge in [-0.1, -0.05) is 24.3 Å². The van der Waals surface area contributed by atoms with Gasteiger partial charge in [-0.15, -0.1) is 0 Å². The van der Waals surface area contributed by atoms with Crippen LogP contribution in [-0.2, 0) is 32.1 Å². The first kappa shape index (κ1) is 31.5. The zero-order chi connectivity index (χ0) is 35.1. The van der Waals surface area contributed by atoms with Gasteiger partial charge in [0.1, 0.15) is 6.04 Å². The molecule has 5 fully saturated rings. The lowest BCUT2D eigenvalue weighted by Gasteiger charge is -2.72. The number of nitrogens with one attached hydrogen (secondary N) is 1. The van der Waals surface area contributed by atoms with Gasteiger partial charge in [0.05, 0.1) is 40.6 Å². The monoisotopic (exact) mass is 686 g/mol. The van der Waals surface area contributed by atoms with Crippen molar-refractivity contribution in [3.05, 3.63) is 77.7 Å². The van der Waals surface area contributed by atoms with E-state index >= 15 is 0 Å². The molecule has 5 heterocycles. The molecule has 4 aromatic rings. The fourth-order valence-corrected chi connectivity index (χ4v) is 9.51. The number of benzene rings is 2. The number of fused-ring (bicyclic) bond motifs is 2. The second-order valence-corrected chi connectivity index (χ2v) is 15.2. The van der Waals surface area contributed by atoms with E-state index < -0.39 is 23.3 Å². The molecule has 6 aliphatic rings. The lowest BCUT2D eigenvalue weighted by Crippen LogP contribution is -2.72. The zero-order valence-corrected chi connectivity index (χ0v) is 28.1. The van der Waals surface area contributed by atoms with Crippen molar-refractivity contribution in [3.8, 4) is 11.3 Å². The van der Waals surface area contributed by atoms with Crippen LogP contribution in [0.15, 0.2) is 61.1 Å². The highest BCUT2D eigenvalue weighted by Gasteiger charge is 2.74. The molecular formula is C38H38N8O5. The van der Waals surface area contributed by atoms with Gasteiger partial charge < -0.3 is 15.5 Å². The maximum atomic E-state index is 13.8. The number of primary amides is 1. The molecule has 2 bridgehead atoms. The molecule has 3 N–H and O–H groups in total. The summed E-state index contributed by atoms with van der Waals surface area (Å²) >= 11 is 0. The van der Waals surface area contributed by atoms with Gasteiger partial charge in [-0.05, 0) is 79.7 Å². The fraction of sp³-hybridized carbons (Fsp3) is 0.421. The molecule has 2 unspecified atom stereocenters. The van der Waals surface area contributed by atoms with Crippen molar-refractivity contribution in [3.63, 3.8) is 0 Å². The molecular weight excluding hydrogens is 648 g/mol. The molecule has 0 radical (unpaired) electrons. The van der Waals surface area contributed by atoms with Gasteiger partial charge in [-0.3, -0.25) is 39.0 Å². The van der Waals surface area contributed by atoms with Crippen LogP contribution in [0.25, 0.3) is 22.3 Å². The minimum atomic E-state index is -0.681. The van der Waals surface area contributed by atoms with Crippen LogP contribution in [-0.4, -0.2) is 78.2 Å². The first-order chi connectivity index (χ1) is 24.6. The number of nitrogens with zero attached hydrogens (tertiary/aromatic N) is 6. The maximum absolute atomic E-state index is 13.8. The van der Waals surface area contributed by atoms with Crippen LogP contribution >= 0.6 is 0 Å². The van der Waals surface area contributed by atoms with Crippen molar-refractivity contribution < 1.29 is 24.0 Å². The number of aromatic nitrogens is 4. The summed E-state index contributed by atoms with van der Waals surface area (Å²) in [6.07, 6.45) is 10.1. The van der Waals surface area contributed by atoms with Gasteiger partial charge in [-0.2, -0.15) is 5.10 Å². The van der Waals surface area contributed by atoms with E-state index in [0.717, 1.165) is 46.3 Å². The number of rotatable bonds is 8. The van der Waals surface area contributed by atoms with E-state index in [1.807, 2.05) is 58.4 Å². The Kier molecular flexibility index (Phi) is 7.13. The average molecular weight is 687 g/mol. The highest BCUT2D eigenvalue weighted by Crippen LogP contribution is 2.77. The molecule has 13 nitrogen and oxygen atoms in total. The molecule has 2 atom stereocenters. The maximum Gasteiger partial charge on any atom is 0.255 e. The summed E-state index contributed by atoms with van der Waals surface area (Å²) in [5.74, 6) is -1.60. The average Bonchev–Trinajstić information content (AvgIpc) is 3.71. The first-order valence-electron chi connectivity index (χ1n) is 17.7. The molecule has 3 aliphatic carbocycles. The van der Waals surface area contributed by atoms with Gasteiger partial charge in [0, 0.05) is 49.3 Å². The van der Waals surface area contributed by atoms with Crippen LogP contribution in [0.3, 0.4) is 0 Å². The zero-order valence-electron chi connectivity index (χ0n) is 28.1. The minimum Gasteiger partial charge on any atom is -0.369 e. The van der Waals surface area contributed by atoms with Crippen molar-refractivity contribution in [2.45, 2.75) is 70.0 Å². The van der Waals surface area contributed by atoms with Gasteiger partial charge >= 0.3 is 0 Å². The summed E-state index contributed by atoms with van der Waals surface area (Å²) in [7, 11) is 0.